The highest BCUT2D eigenvalue weighted by molar-refractivity contribution is 7.98. The summed E-state index contributed by atoms with van der Waals surface area (Å²) in [5.41, 5.74) is 0. The lowest BCUT2D eigenvalue weighted by Gasteiger charge is -2.00. The molecule has 0 radical (unpaired) electrons. The fourth-order valence-electron chi connectivity index (χ4n) is 0.781. The lowest BCUT2D eigenvalue weighted by Crippen LogP contribution is -2.23. The van der Waals surface area contributed by atoms with E-state index < -0.39 is 0 Å². The van der Waals surface area contributed by atoms with Crippen molar-refractivity contribution in [2.75, 3.05) is 12.0 Å². The SMILES string of the molecule is CSCCC(=O)NCc1ncn[nH]1. The predicted molar refractivity (Wildman–Crippen MR) is 51.2 cm³/mol. The highest BCUT2D eigenvalue weighted by Gasteiger charge is 2.01. The van der Waals surface area contributed by atoms with Crippen molar-refractivity contribution in [3.8, 4) is 0 Å². The summed E-state index contributed by atoms with van der Waals surface area (Å²) < 4.78 is 0. The molecular formula is C7H12N4OS. The van der Waals surface area contributed by atoms with E-state index in [0.717, 1.165) is 5.75 Å². The van der Waals surface area contributed by atoms with Gasteiger partial charge in [-0.3, -0.25) is 9.89 Å². The van der Waals surface area contributed by atoms with Crippen LogP contribution in [-0.4, -0.2) is 33.1 Å². The predicted octanol–water partition coefficient (Wildman–Crippen LogP) is 0.174. The first-order chi connectivity index (χ1) is 6.33. The van der Waals surface area contributed by atoms with Gasteiger partial charge in [0.05, 0.1) is 6.54 Å². The van der Waals surface area contributed by atoms with Gasteiger partial charge in [0.25, 0.3) is 0 Å². The molecule has 1 aromatic heterocycles. The fraction of sp³-hybridized carbons (Fsp3) is 0.571. The first kappa shape index (κ1) is 10.0. The largest absolute Gasteiger partial charge is 0.349 e. The van der Waals surface area contributed by atoms with Crippen molar-refractivity contribution < 1.29 is 4.79 Å². The zero-order valence-corrected chi connectivity index (χ0v) is 8.23. The van der Waals surface area contributed by atoms with Gasteiger partial charge >= 0.3 is 0 Å². The van der Waals surface area contributed by atoms with Gasteiger partial charge in [-0.15, -0.1) is 0 Å². The van der Waals surface area contributed by atoms with E-state index >= 15 is 0 Å². The summed E-state index contributed by atoms with van der Waals surface area (Å²) in [5, 5.41) is 9.07. The van der Waals surface area contributed by atoms with Crippen LogP contribution in [0, 0.1) is 0 Å². The second-order valence-corrected chi connectivity index (χ2v) is 3.44. The van der Waals surface area contributed by atoms with Gasteiger partial charge in [0.15, 0.2) is 0 Å². The topological polar surface area (TPSA) is 70.7 Å². The maximum atomic E-state index is 11.1. The van der Waals surface area contributed by atoms with Crippen molar-refractivity contribution >= 4 is 17.7 Å². The van der Waals surface area contributed by atoms with E-state index in [9.17, 15) is 4.79 Å². The molecule has 13 heavy (non-hydrogen) atoms. The molecule has 1 rings (SSSR count). The van der Waals surface area contributed by atoms with Crippen LogP contribution in [0.15, 0.2) is 6.33 Å². The van der Waals surface area contributed by atoms with Gasteiger partial charge in [-0.2, -0.15) is 16.9 Å². The fourth-order valence-corrected chi connectivity index (χ4v) is 1.17. The van der Waals surface area contributed by atoms with E-state index in [1.54, 1.807) is 11.8 Å². The third-order valence-electron chi connectivity index (χ3n) is 1.45. The summed E-state index contributed by atoms with van der Waals surface area (Å²) in [5.74, 6) is 1.57. The van der Waals surface area contributed by atoms with E-state index in [2.05, 4.69) is 20.5 Å². The van der Waals surface area contributed by atoms with E-state index in [4.69, 9.17) is 0 Å². The minimum absolute atomic E-state index is 0.0470. The Morgan fingerprint density at radius 2 is 2.62 bits per heavy atom. The number of carbonyl (C=O) groups excluding carboxylic acids is 1. The number of hydrogen-bond donors (Lipinski definition) is 2. The summed E-state index contributed by atoms with van der Waals surface area (Å²) >= 11 is 1.66. The molecule has 0 aliphatic rings. The van der Waals surface area contributed by atoms with Crippen molar-refractivity contribution in [3.05, 3.63) is 12.2 Å². The molecule has 1 heterocycles. The molecule has 2 N–H and O–H groups in total. The molecule has 72 valence electrons. The number of aromatic nitrogens is 3. The number of hydrogen-bond acceptors (Lipinski definition) is 4. The monoisotopic (exact) mass is 200 g/mol. The van der Waals surface area contributed by atoms with Gasteiger partial charge in [-0.25, -0.2) is 4.98 Å². The minimum atomic E-state index is 0.0470. The normalized spacial score (nSPS) is 9.92. The van der Waals surface area contributed by atoms with Crippen LogP contribution < -0.4 is 5.32 Å². The van der Waals surface area contributed by atoms with Crippen LogP contribution >= 0.6 is 11.8 Å². The standard InChI is InChI=1S/C7H12N4OS/c1-13-3-2-7(12)8-4-6-9-5-10-11-6/h5H,2-4H2,1H3,(H,8,12)(H,9,10,11). The van der Waals surface area contributed by atoms with Crippen LogP contribution in [0.4, 0.5) is 0 Å². The summed E-state index contributed by atoms with van der Waals surface area (Å²) in [6.45, 7) is 0.424. The Morgan fingerprint density at radius 3 is 3.23 bits per heavy atom. The Kier molecular flexibility index (Phi) is 4.31. The summed E-state index contributed by atoms with van der Waals surface area (Å²) in [6, 6.07) is 0. The maximum absolute atomic E-state index is 11.1. The lowest BCUT2D eigenvalue weighted by molar-refractivity contribution is -0.120. The molecule has 0 saturated heterocycles. The van der Waals surface area contributed by atoms with Gasteiger partial charge < -0.3 is 5.32 Å². The highest BCUT2D eigenvalue weighted by atomic mass is 32.2. The Hall–Kier alpha value is -1.04. The first-order valence-corrected chi connectivity index (χ1v) is 5.32. The highest BCUT2D eigenvalue weighted by Crippen LogP contribution is 1.95. The van der Waals surface area contributed by atoms with Crippen LogP contribution in [0.25, 0.3) is 0 Å². The molecule has 0 atom stereocenters. The lowest BCUT2D eigenvalue weighted by atomic mass is 10.4. The van der Waals surface area contributed by atoms with E-state index in [1.807, 2.05) is 6.26 Å². The molecule has 0 spiro atoms. The van der Waals surface area contributed by atoms with E-state index in [1.165, 1.54) is 6.33 Å². The van der Waals surface area contributed by atoms with Gasteiger partial charge in [0.1, 0.15) is 12.2 Å². The van der Waals surface area contributed by atoms with E-state index in [0.29, 0.717) is 18.8 Å². The van der Waals surface area contributed by atoms with Crippen molar-refractivity contribution in [1.29, 1.82) is 0 Å². The molecule has 0 aromatic carbocycles. The molecule has 0 unspecified atom stereocenters. The second kappa shape index (κ2) is 5.58. The quantitative estimate of drug-likeness (QED) is 0.711. The van der Waals surface area contributed by atoms with Gasteiger partial charge in [-0.1, -0.05) is 0 Å². The number of amides is 1. The Labute approximate surface area is 80.7 Å². The van der Waals surface area contributed by atoms with Crippen molar-refractivity contribution in [2.24, 2.45) is 0 Å². The van der Waals surface area contributed by atoms with Crippen molar-refractivity contribution in [2.45, 2.75) is 13.0 Å². The summed E-state index contributed by atoms with van der Waals surface area (Å²) in [7, 11) is 0. The zero-order valence-electron chi connectivity index (χ0n) is 7.41. The molecular weight excluding hydrogens is 188 g/mol. The van der Waals surface area contributed by atoms with Crippen molar-refractivity contribution in [3.63, 3.8) is 0 Å². The molecule has 0 saturated carbocycles. The summed E-state index contributed by atoms with van der Waals surface area (Å²) in [4.78, 5) is 15.0. The molecule has 6 heteroatoms. The first-order valence-electron chi connectivity index (χ1n) is 3.93. The molecule has 0 fully saturated rings. The number of thioether (sulfide) groups is 1. The number of nitrogens with zero attached hydrogens (tertiary/aromatic N) is 2. The molecule has 0 aliphatic heterocycles. The molecule has 0 aliphatic carbocycles. The average Bonchev–Trinajstić information content (AvgIpc) is 2.64. The van der Waals surface area contributed by atoms with Gasteiger partial charge in [0, 0.05) is 12.2 Å². The van der Waals surface area contributed by atoms with Crippen LogP contribution in [0.3, 0.4) is 0 Å². The number of rotatable bonds is 5. The maximum Gasteiger partial charge on any atom is 0.221 e. The van der Waals surface area contributed by atoms with Crippen LogP contribution in [0.2, 0.25) is 0 Å². The Balaban J connectivity index is 2.15. The third kappa shape index (κ3) is 3.93. The summed E-state index contributed by atoms with van der Waals surface area (Å²) in [6.07, 6.45) is 3.95. The van der Waals surface area contributed by atoms with Gasteiger partial charge in [-0.05, 0) is 6.26 Å². The Bertz CT molecular complexity index is 249. The molecule has 0 bridgehead atoms. The van der Waals surface area contributed by atoms with Crippen LogP contribution in [0.1, 0.15) is 12.2 Å². The number of aromatic amines is 1. The number of carbonyl (C=O) groups is 1. The minimum Gasteiger partial charge on any atom is -0.349 e. The van der Waals surface area contributed by atoms with Crippen LogP contribution in [-0.2, 0) is 11.3 Å². The molecule has 1 amide bonds. The van der Waals surface area contributed by atoms with Crippen LogP contribution in [0.5, 0.6) is 0 Å². The Morgan fingerprint density at radius 1 is 1.77 bits per heavy atom. The van der Waals surface area contributed by atoms with E-state index in [-0.39, 0.29) is 5.91 Å². The molecule has 5 nitrogen and oxygen atoms in total. The number of nitrogens with one attached hydrogen (secondary N) is 2. The average molecular weight is 200 g/mol. The molecule has 1 aromatic rings. The van der Waals surface area contributed by atoms with Gasteiger partial charge in [0.2, 0.25) is 5.91 Å². The second-order valence-electron chi connectivity index (χ2n) is 2.45. The van der Waals surface area contributed by atoms with Crippen molar-refractivity contribution in [1.82, 2.24) is 20.5 Å². The smallest absolute Gasteiger partial charge is 0.221 e. The third-order valence-corrected chi connectivity index (χ3v) is 2.06. The number of H-pyrrole nitrogens is 1. The zero-order chi connectivity index (χ0) is 9.52.